The number of halogens is 2. The van der Waals surface area contributed by atoms with E-state index in [1.807, 2.05) is 0 Å². The Hall–Kier alpha value is -2.05. The van der Waals surface area contributed by atoms with Crippen molar-refractivity contribution in [2.24, 2.45) is 0 Å². The Morgan fingerprint density at radius 2 is 2.00 bits per heavy atom. The lowest BCUT2D eigenvalue weighted by atomic mass is 10.3. The van der Waals surface area contributed by atoms with Gasteiger partial charge in [0.05, 0.1) is 20.7 Å². The molecule has 0 amide bonds. The van der Waals surface area contributed by atoms with Crippen LogP contribution >= 0.6 is 23.2 Å². The van der Waals surface area contributed by atoms with Crippen LogP contribution in [-0.4, -0.2) is 17.0 Å². The average Bonchev–Trinajstić information content (AvgIpc) is 2.43. The molecule has 0 aliphatic carbocycles. The lowest BCUT2D eigenvalue weighted by Gasteiger charge is -2.10. The quantitative estimate of drug-likeness (QED) is 0.656. The molecule has 0 unspecified atom stereocenters. The SMILES string of the molecule is CNc1ccc([N+](=O)[O-])c(Nc2cccc(Cl)c2Cl)n1. The van der Waals surface area contributed by atoms with E-state index in [0.717, 1.165) is 0 Å². The van der Waals surface area contributed by atoms with Gasteiger partial charge in [0.25, 0.3) is 0 Å². The number of nitrogens with zero attached hydrogens (tertiary/aromatic N) is 2. The fourth-order valence-corrected chi connectivity index (χ4v) is 1.91. The zero-order valence-corrected chi connectivity index (χ0v) is 11.9. The van der Waals surface area contributed by atoms with Crippen molar-refractivity contribution < 1.29 is 4.92 Å². The van der Waals surface area contributed by atoms with Crippen LogP contribution in [0.4, 0.5) is 23.0 Å². The van der Waals surface area contributed by atoms with Gasteiger partial charge in [0.1, 0.15) is 5.82 Å². The zero-order valence-electron chi connectivity index (χ0n) is 10.4. The van der Waals surface area contributed by atoms with Crippen LogP contribution in [0.1, 0.15) is 0 Å². The molecule has 1 aromatic heterocycles. The van der Waals surface area contributed by atoms with Gasteiger partial charge in [-0.2, -0.15) is 0 Å². The molecule has 0 saturated carbocycles. The van der Waals surface area contributed by atoms with Crippen LogP contribution < -0.4 is 10.6 Å². The molecular formula is C12H10Cl2N4O2. The van der Waals surface area contributed by atoms with Crippen LogP contribution in [-0.2, 0) is 0 Å². The summed E-state index contributed by atoms with van der Waals surface area (Å²) in [5.74, 6) is 0.585. The number of pyridine rings is 1. The molecule has 2 rings (SSSR count). The topological polar surface area (TPSA) is 80.1 Å². The number of anilines is 3. The van der Waals surface area contributed by atoms with Crippen molar-refractivity contribution in [3.63, 3.8) is 0 Å². The van der Waals surface area contributed by atoms with Gasteiger partial charge in [-0.05, 0) is 18.2 Å². The Bertz CT molecular complexity index is 664. The molecule has 6 nitrogen and oxygen atoms in total. The number of hydrogen-bond acceptors (Lipinski definition) is 5. The molecule has 0 aliphatic rings. The van der Waals surface area contributed by atoms with Gasteiger partial charge in [-0.1, -0.05) is 29.3 Å². The maximum atomic E-state index is 11.0. The smallest absolute Gasteiger partial charge is 0.311 e. The minimum Gasteiger partial charge on any atom is -0.373 e. The van der Waals surface area contributed by atoms with Crippen molar-refractivity contribution in [3.05, 3.63) is 50.5 Å². The Kier molecular flexibility index (Phi) is 4.26. The van der Waals surface area contributed by atoms with Crippen molar-refractivity contribution >= 4 is 46.2 Å². The Morgan fingerprint density at radius 3 is 2.65 bits per heavy atom. The highest BCUT2D eigenvalue weighted by Gasteiger charge is 2.17. The molecule has 1 heterocycles. The van der Waals surface area contributed by atoms with E-state index in [9.17, 15) is 10.1 Å². The predicted molar refractivity (Wildman–Crippen MR) is 80.2 cm³/mol. The first-order valence-electron chi connectivity index (χ1n) is 5.57. The summed E-state index contributed by atoms with van der Waals surface area (Å²) in [4.78, 5) is 14.6. The van der Waals surface area contributed by atoms with Gasteiger partial charge in [-0.3, -0.25) is 10.1 Å². The van der Waals surface area contributed by atoms with Crippen molar-refractivity contribution in [2.75, 3.05) is 17.7 Å². The van der Waals surface area contributed by atoms with E-state index < -0.39 is 4.92 Å². The van der Waals surface area contributed by atoms with Crippen LogP contribution in [0, 0.1) is 10.1 Å². The predicted octanol–water partition coefficient (Wildman–Crippen LogP) is 4.08. The monoisotopic (exact) mass is 312 g/mol. The van der Waals surface area contributed by atoms with Gasteiger partial charge in [-0.15, -0.1) is 0 Å². The second-order valence-electron chi connectivity index (χ2n) is 3.80. The van der Waals surface area contributed by atoms with Crippen LogP contribution in [0.3, 0.4) is 0 Å². The van der Waals surface area contributed by atoms with Crippen LogP contribution in [0.15, 0.2) is 30.3 Å². The molecule has 0 saturated heterocycles. The molecule has 104 valence electrons. The third-order valence-electron chi connectivity index (χ3n) is 2.53. The highest BCUT2D eigenvalue weighted by Crippen LogP contribution is 2.34. The minimum absolute atomic E-state index is 0.0889. The third kappa shape index (κ3) is 2.92. The molecule has 2 aromatic rings. The zero-order chi connectivity index (χ0) is 14.7. The first-order chi connectivity index (χ1) is 9.52. The van der Waals surface area contributed by atoms with E-state index in [1.165, 1.54) is 12.1 Å². The summed E-state index contributed by atoms with van der Waals surface area (Å²) in [5, 5.41) is 17.3. The standard InChI is InChI=1S/C12H10Cl2N4O2/c1-15-10-6-5-9(18(19)20)12(17-10)16-8-4-2-3-7(13)11(8)14/h2-6H,1H3,(H2,15,16,17). The maximum absolute atomic E-state index is 11.0. The molecule has 0 aliphatic heterocycles. The summed E-state index contributed by atoms with van der Waals surface area (Å²) >= 11 is 11.9. The molecule has 1 aromatic carbocycles. The second-order valence-corrected chi connectivity index (χ2v) is 4.58. The molecule has 0 fully saturated rings. The number of aromatic nitrogens is 1. The summed E-state index contributed by atoms with van der Waals surface area (Å²) in [5.41, 5.74) is 0.295. The highest BCUT2D eigenvalue weighted by molar-refractivity contribution is 6.43. The largest absolute Gasteiger partial charge is 0.373 e. The van der Waals surface area contributed by atoms with E-state index in [4.69, 9.17) is 23.2 Å². The van der Waals surface area contributed by atoms with Gasteiger partial charge in [0.15, 0.2) is 0 Å². The Balaban J connectivity index is 2.46. The van der Waals surface area contributed by atoms with E-state index in [2.05, 4.69) is 15.6 Å². The number of benzene rings is 1. The molecule has 8 heteroatoms. The Labute approximate surface area is 124 Å². The molecule has 0 radical (unpaired) electrons. The molecule has 20 heavy (non-hydrogen) atoms. The van der Waals surface area contributed by atoms with Crippen LogP contribution in [0.25, 0.3) is 0 Å². The van der Waals surface area contributed by atoms with Gasteiger partial charge in [0, 0.05) is 13.1 Å². The van der Waals surface area contributed by atoms with E-state index in [1.54, 1.807) is 25.2 Å². The first kappa shape index (κ1) is 14.4. The van der Waals surface area contributed by atoms with E-state index in [-0.39, 0.29) is 16.5 Å². The average molecular weight is 313 g/mol. The van der Waals surface area contributed by atoms with E-state index >= 15 is 0 Å². The summed E-state index contributed by atoms with van der Waals surface area (Å²) < 4.78 is 0. The molecule has 0 atom stereocenters. The van der Waals surface area contributed by atoms with Crippen LogP contribution in [0.2, 0.25) is 10.0 Å². The van der Waals surface area contributed by atoms with Gasteiger partial charge in [0.2, 0.25) is 5.82 Å². The fraction of sp³-hybridized carbons (Fsp3) is 0.0833. The van der Waals surface area contributed by atoms with Gasteiger partial charge < -0.3 is 10.6 Å². The number of nitrogens with one attached hydrogen (secondary N) is 2. The summed E-state index contributed by atoms with van der Waals surface area (Å²) in [6.07, 6.45) is 0. The second kappa shape index (κ2) is 5.94. The maximum Gasteiger partial charge on any atom is 0.311 e. The normalized spacial score (nSPS) is 10.2. The number of rotatable bonds is 4. The van der Waals surface area contributed by atoms with Crippen molar-refractivity contribution in [1.82, 2.24) is 4.98 Å². The lowest BCUT2D eigenvalue weighted by molar-refractivity contribution is -0.384. The molecular weight excluding hydrogens is 303 g/mol. The van der Waals surface area contributed by atoms with E-state index in [0.29, 0.717) is 16.5 Å². The molecule has 0 bridgehead atoms. The third-order valence-corrected chi connectivity index (χ3v) is 3.35. The number of hydrogen-bond donors (Lipinski definition) is 2. The molecule has 2 N–H and O–H groups in total. The summed E-state index contributed by atoms with van der Waals surface area (Å²) in [6.45, 7) is 0. The fourth-order valence-electron chi connectivity index (χ4n) is 1.56. The van der Waals surface area contributed by atoms with Gasteiger partial charge in [-0.25, -0.2) is 4.98 Å². The van der Waals surface area contributed by atoms with Gasteiger partial charge >= 0.3 is 5.69 Å². The molecule has 0 spiro atoms. The van der Waals surface area contributed by atoms with Crippen molar-refractivity contribution in [1.29, 1.82) is 0 Å². The summed E-state index contributed by atoms with van der Waals surface area (Å²) in [6, 6.07) is 7.85. The van der Waals surface area contributed by atoms with Crippen molar-refractivity contribution in [3.8, 4) is 0 Å². The highest BCUT2D eigenvalue weighted by atomic mass is 35.5. The number of nitro groups is 1. The van der Waals surface area contributed by atoms with Crippen molar-refractivity contribution in [2.45, 2.75) is 0 Å². The Morgan fingerprint density at radius 1 is 1.25 bits per heavy atom. The van der Waals surface area contributed by atoms with Crippen LogP contribution in [0.5, 0.6) is 0 Å². The summed E-state index contributed by atoms with van der Waals surface area (Å²) in [7, 11) is 1.67. The first-order valence-corrected chi connectivity index (χ1v) is 6.32. The minimum atomic E-state index is -0.521. The lowest BCUT2D eigenvalue weighted by Crippen LogP contribution is -2.02.